The second-order valence-corrected chi connectivity index (χ2v) is 7.46. The molecule has 0 aliphatic carbocycles. The highest BCUT2D eigenvalue weighted by Gasteiger charge is 2.29. The molecule has 0 saturated carbocycles. The summed E-state index contributed by atoms with van der Waals surface area (Å²) in [6, 6.07) is 20.9. The molecule has 2 aromatic carbocycles. The van der Waals surface area contributed by atoms with Crippen LogP contribution in [-0.2, 0) is 6.54 Å². The van der Waals surface area contributed by atoms with Crippen LogP contribution in [0.2, 0.25) is 0 Å². The van der Waals surface area contributed by atoms with Gasteiger partial charge in [-0.25, -0.2) is 0 Å². The van der Waals surface area contributed by atoms with Crippen molar-refractivity contribution in [1.82, 2.24) is 4.90 Å². The SMILES string of the molecule is CC[n+]1c(C=C2SCCN2C)oc(-c2ccccc2)c1-c1ccccc1. The molecular formula is C22H23N2OS+. The number of hydrogen-bond donors (Lipinski definition) is 0. The predicted molar refractivity (Wildman–Crippen MR) is 109 cm³/mol. The number of hydrogen-bond acceptors (Lipinski definition) is 3. The predicted octanol–water partition coefficient (Wildman–Crippen LogP) is 4.90. The van der Waals surface area contributed by atoms with Crippen LogP contribution in [0, 0.1) is 0 Å². The smallest absolute Gasteiger partial charge is 0.376 e. The van der Waals surface area contributed by atoms with Crippen LogP contribution in [0.1, 0.15) is 12.8 Å². The Bertz CT molecular complexity index is 916. The van der Waals surface area contributed by atoms with Crippen molar-refractivity contribution >= 4 is 17.8 Å². The molecule has 1 saturated heterocycles. The van der Waals surface area contributed by atoms with Crippen LogP contribution in [0.15, 0.2) is 70.1 Å². The Kier molecular flexibility index (Phi) is 4.85. The maximum atomic E-state index is 6.43. The number of benzene rings is 2. The quantitative estimate of drug-likeness (QED) is 0.615. The molecule has 1 aromatic heterocycles. The lowest BCUT2D eigenvalue weighted by Crippen LogP contribution is -2.36. The first-order chi connectivity index (χ1) is 12.8. The van der Waals surface area contributed by atoms with Crippen molar-refractivity contribution in [2.75, 3.05) is 19.3 Å². The molecule has 0 N–H and O–H groups in total. The molecular weight excluding hydrogens is 340 g/mol. The van der Waals surface area contributed by atoms with Gasteiger partial charge >= 0.3 is 5.89 Å². The second kappa shape index (κ2) is 7.42. The topological polar surface area (TPSA) is 20.3 Å². The van der Waals surface area contributed by atoms with Crippen molar-refractivity contribution in [2.24, 2.45) is 0 Å². The van der Waals surface area contributed by atoms with E-state index in [1.807, 2.05) is 17.8 Å². The van der Waals surface area contributed by atoms with Crippen molar-refractivity contribution in [3.05, 3.63) is 71.6 Å². The molecule has 3 aromatic rings. The Balaban J connectivity index is 1.93. The highest BCUT2D eigenvalue weighted by molar-refractivity contribution is 8.03. The highest BCUT2D eigenvalue weighted by atomic mass is 32.2. The molecule has 0 amide bonds. The first-order valence-electron chi connectivity index (χ1n) is 9.01. The van der Waals surface area contributed by atoms with E-state index < -0.39 is 0 Å². The van der Waals surface area contributed by atoms with Gasteiger partial charge in [0.15, 0.2) is 0 Å². The number of rotatable bonds is 4. The summed E-state index contributed by atoms with van der Waals surface area (Å²) in [5, 5.41) is 1.26. The molecule has 2 heterocycles. The van der Waals surface area contributed by atoms with Crippen LogP contribution in [0.25, 0.3) is 28.7 Å². The summed E-state index contributed by atoms with van der Waals surface area (Å²) in [6.07, 6.45) is 2.18. The van der Waals surface area contributed by atoms with E-state index in [-0.39, 0.29) is 0 Å². The fraction of sp³-hybridized carbons (Fsp3) is 0.227. The first kappa shape index (κ1) is 17.0. The minimum Gasteiger partial charge on any atom is -0.397 e. The maximum absolute atomic E-state index is 6.43. The lowest BCUT2D eigenvalue weighted by molar-refractivity contribution is -0.687. The van der Waals surface area contributed by atoms with Crippen molar-refractivity contribution in [3.8, 4) is 22.6 Å². The van der Waals surface area contributed by atoms with Gasteiger partial charge in [0.25, 0.3) is 5.69 Å². The van der Waals surface area contributed by atoms with Gasteiger partial charge in [0.05, 0.1) is 16.7 Å². The third-order valence-electron chi connectivity index (χ3n) is 4.66. The van der Waals surface area contributed by atoms with Gasteiger partial charge in [-0.15, -0.1) is 11.8 Å². The largest absolute Gasteiger partial charge is 0.397 e. The molecule has 0 spiro atoms. The normalized spacial score (nSPS) is 15.8. The maximum Gasteiger partial charge on any atom is 0.376 e. The molecule has 1 fully saturated rings. The molecule has 1 aliphatic rings. The second-order valence-electron chi connectivity index (χ2n) is 6.35. The summed E-state index contributed by atoms with van der Waals surface area (Å²) < 4.78 is 8.71. The third kappa shape index (κ3) is 3.17. The van der Waals surface area contributed by atoms with Gasteiger partial charge in [0, 0.05) is 24.9 Å². The summed E-state index contributed by atoms with van der Waals surface area (Å²) in [6.45, 7) is 4.11. The molecule has 1 aliphatic heterocycles. The first-order valence-corrected chi connectivity index (χ1v) is 9.99. The van der Waals surface area contributed by atoms with E-state index in [0.717, 1.165) is 41.8 Å². The Morgan fingerprint density at radius 3 is 2.27 bits per heavy atom. The minimum atomic E-state index is 0.855. The molecule has 0 bridgehead atoms. The summed E-state index contributed by atoms with van der Waals surface area (Å²) in [7, 11) is 2.14. The van der Waals surface area contributed by atoms with E-state index in [1.54, 1.807) is 0 Å². The van der Waals surface area contributed by atoms with Gasteiger partial charge in [-0.3, -0.25) is 0 Å². The zero-order valence-electron chi connectivity index (χ0n) is 15.2. The van der Waals surface area contributed by atoms with Gasteiger partial charge < -0.3 is 9.32 Å². The van der Waals surface area contributed by atoms with E-state index in [0.29, 0.717) is 0 Å². The van der Waals surface area contributed by atoms with E-state index in [4.69, 9.17) is 4.42 Å². The van der Waals surface area contributed by atoms with E-state index in [9.17, 15) is 0 Å². The van der Waals surface area contributed by atoms with Crippen LogP contribution < -0.4 is 4.57 Å². The van der Waals surface area contributed by atoms with E-state index >= 15 is 0 Å². The van der Waals surface area contributed by atoms with Crippen LogP contribution in [0.3, 0.4) is 0 Å². The summed E-state index contributed by atoms with van der Waals surface area (Å²) >= 11 is 1.88. The van der Waals surface area contributed by atoms with Gasteiger partial charge in [-0.05, 0) is 19.1 Å². The van der Waals surface area contributed by atoms with Crippen LogP contribution >= 0.6 is 11.8 Å². The Labute approximate surface area is 159 Å². The number of oxazole rings is 1. The average molecular weight is 364 g/mol. The zero-order valence-corrected chi connectivity index (χ0v) is 16.0. The molecule has 0 atom stereocenters. The standard InChI is InChI=1S/C22H23N2OS/c1-3-24-19(16-20-23(2)14-15-26-20)25-22(18-12-8-5-9-13-18)21(24)17-10-6-4-7-11-17/h4-13,16H,3,14-15H2,1-2H3/q+1. The van der Waals surface area contributed by atoms with Crippen LogP contribution in [-0.4, -0.2) is 24.2 Å². The number of aromatic nitrogens is 1. The Hall–Kier alpha value is -2.46. The lowest BCUT2D eigenvalue weighted by atomic mass is 10.1. The lowest BCUT2D eigenvalue weighted by Gasteiger charge is -2.09. The Morgan fingerprint density at radius 2 is 1.69 bits per heavy atom. The number of nitrogens with zero attached hydrogens (tertiary/aromatic N) is 2. The van der Waals surface area contributed by atoms with Crippen molar-refractivity contribution in [2.45, 2.75) is 13.5 Å². The fourth-order valence-electron chi connectivity index (χ4n) is 3.30. The van der Waals surface area contributed by atoms with Gasteiger partial charge in [0.2, 0.25) is 5.76 Å². The summed E-state index contributed by atoms with van der Waals surface area (Å²) in [5.41, 5.74) is 3.41. The monoisotopic (exact) mass is 363 g/mol. The van der Waals surface area contributed by atoms with E-state index in [1.165, 1.54) is 10.6 Å². The summed E-state index contributed by atoms with van der Waals surface area (Å²) in [4.78, 5) is 2.29. The molecule has 132 valence electrons. The van der Waals surface area contributed by atoms with Crippen molar-refractivity contribution < 1.29 is 8.98 Å². The van der Waals surface area contributed by atoms with Crippen LogP contribution in [0.5, 0.6) is 0 Å². The van der Waals surface area contributed by atoms with Crippen molar-refractivity contribution in [3.63, 3.8) is 0 Å². The van der Waals surface area contributed by atoms with Crippen molar-refractivity contribution in [1.29, 1.82) is 0 Å². The highest BCUT2D eigenvalue weighted by Crippen LogP contribution is 2.34. The minimum absolute atomic E-state index is 0.855. The average Bonchev–Trinajstić information content (AvgIpc) is 3.27. The third-order valence-corrected chi connectivity index (χ3v) is 5.77. The summed E-state index contributed by atoms with van der Waals surface area (Å²) in [5.74, 6) is 2.96. The molecule has 4 rings (SSSR count). The Morgan fingerprint density at radius 1 is 1.04 bits per heavy atom. The molecule has 26 heavy (non-hydrogen) atoms. The molecule has 3 nitrogen and oxygen atoms in total. The molecule has 4 heteroatoms. The number of thioether (sulfide) groups is 1. The van der Waals surface area contributed by atoms with E-state index in [2.05, 4.69) is 84.1 Å². The van der Waals surface area contributed by atoms with Gasteiger partial charge in [-0.1, -0.05) is 48.5 Å². The van der Waals surface area contributed by atoms with Gasteiger partial charge in [0.1, 0.15) is 6.54 Å². The van der Waals surface area contributed by atoms with Gasteiger partial charge in [-0.2, -0.15) is 4.57 Å². The molecule has 0 radical (unpaired) electrons. The fourth-order valence-corrected chi connectivity index (χ4v) is 4.37. The zero-order chi connectivity index (χ0) is 17.9. The molecule has 0 unspecified atom stereocenters. The van der Waals surface area contributed by atoms with Crippen LogP contribution in [0.4, 0.5) is 0 Å².